The molecule has 2 aliphatic heterocycles. The van der Waals surface area contributed by atoms with Gasteiger partial charge in [0.25, 0.3) is 0 Å². The van der Waals surface area contributed by atoms with Crippen LogP contribution >= 0.6 is 23.2 Å². The van der Waals surface area contributed by atoms with Crippen molar-refractivity contribution in [1.82, 2.24) is 15.3 Å². The minimum atomic E-state index is -4.80. The maximum Gasteiger partial charge on any atom is 0.429 e. The molecule has 1 spiro atoms. The number of halogens is 5. The molecule has 2 fully saturated rings. The molecule has 2 aliphatic rings. The molecular formula is C27H26Cl2F3N5O3. The van der Waals surface area contributed by atoms with Crippen LogP contribution in [0.2, 0.25) is 10.0 Å². The molecule has 1 aromatic heterocycles. The first-order valence-electron chi connectivity index (χ1n) is 12.6. The van der Waals surface area contributed by atoms with Crippen LogP contribution in [0.3, 0.4) is 0 Å². The van der Waals surface area contributed by atoms with Crippen LogP contribution in [0.4, 0.5) is 24.9 Å². The second-order valence-corrected chi connectivity index (χ2v) is 11.0. The van der Waals surface area contributed by atoms with Crippen LogP contribution < -0.4 is 20.7 Å². The van der Waals surface area contributed by atoms with Crippen LogP contribution in [0.15, 0.2) is 48.5 Å². The summed E-state index contributed by atoms with van der Waals surface area (Å²) in [6.07, 6.45) is -5.25. The minimum absolute atomic E-state index is 0.147. The maximum absolute atomic E-state index is 14.5. The number of alkyl halides is 3. The molecule has 5 rings (SSSR count). The number of hydrogen-bond donors (Lipinski definition) is 3. The smallest absolute Gasteiger partial charge is 0.429 e. The molecule has 2 saturated heterocycles. The molecular weight excluding hydrogens is 570 g/mol. The number of nitrogens with zero attached hydrogens (tertiary/aromatic N) is 3. The van der Waals surface area contributed by atoms with Gasteiger partial charge in [0, 0.05) is 41.3 Å². The Morgan fingerprint density at radius 2 is 1.77 bits per heavy atom. The van der Waals surface area contributed by atoms with Crippen LogP contribution in [0.1, 0.15) is 30.9 Å². The summed E-state index contributed by atoms with van der Waals surface area (Å²) in [6, 6.07) is 11.2. The topological polar surface area (TPSA) is 114 Å². The number of aliphatic carboxylic acids is 1. The van der Waals surface area contributed by atoms with Crippen molar-refractivity contribution < 1.29 is 27.8 Å². The van der Waals surface area contributed by atoms with E-state index < -0.39 is 24.3 Å². The largest absolute Gasteiger partial charge is 0.480 e. The highest BCUT2D eigenvalue weighted by Gasteiger charge is 2.46. The highest BCUT2D eigenvalue weighted by molar-refractivity contribution is 6.31. The van der Waals surface area contributed by atoms with E-state index in [1.54, 1.807) is 24.3 Å². The Balaban J connectivity index is 1.41. The summed E-state index contributed by atoms with van der Waals surface area (Å²) in [5.41, 5.74) is 6.31. The van der Waals surface area contributed by atoms with E-state index in [2.05, 4.69) is 15.3 Å². The van der Waals surface area contributed by atoms with Gasteiger partial charge in [0.05, 0.1) is 0 Å². The van der Waals surface area contributed by atoms with E-state index in [1.807, 2.05) is 4.90 Å². The standard InChI is InChI=1S/C27H26Cl2F3N5O3/c28-16-3-1-15(2-4-16)19-11-17(29)5-6-18(19)23(27(30,31)32)40-22-12-21(35-25(33)36-22)37-9-7-26(8-10-37)13-20(24(38)39)34-14-26/h1-6,11-12,20,23,34H,7-10,13-14H2,(H,38,39)(H2,33,35,36)/t20-,23+/m0/s1. The highest BCUT2D eigenvalue weighted by atomic mass is 35.5. The zero-order valence-corrected chi connectivity index (χ0v) is 22.6. The fraction of sp³-hybridized carbons (Fsp3) is 0.370. The number of aromatic nitrogens is 2. The molecule has 0 amide bonds. The monoisotopic (exact) mass is 595 g/mol. The fourth-order valence-corrected chi connectivity index (χ4v) is 5.70. The third kappa shape index (κ3) is 6.06. The average Bonchev–Trinajstić information content (AvgIpc) is 3.31. The molecule has 4 N–H and O–H groups in total. The molecule has 13 heteroatoms. The SMILES string of the molecule is Nc1nc(O[C@H](c2ccc(Cl)cc2-c2ccc(Cl)cc2)C(F)(F)F)cc(N2CCC3(CC2)CN[C@H](C(=O)O)C3)n1. The number of nitrogens with one attached hydrogen (secondary N) is 1. The van der Waals surface area contributed by atoms with Gasteiger partial charge in [-0.3, -0.25) is 4.79 Å². The number of carbonyl (C=O) groups is 1. The summed E-state index contributed by atoms with van der Waals surface area (Å²) in [5, 5.41) is 13.1. The van der Waals surface area contributed by atoms with Gasteiger partial charge in [0.2, 0.25) is 17.9 Å². The molecule has 3 aromatic rings. The first kappa shape index (κ1) is 28.3. The molecule has 2 atom stereocenters. The Bertz CT molecular complexity index is 1400. The van der Waals surface area contributed by atoms with Crippen LogP contribution in [0, 0.1) is 5.41 Å². The summed E-state index contributed by atoms with van der Waals surface area (Å²) in [4.78, 5) is 21.4. The third-order valence-corrected chi connectivity index (χ3v) is 7.99. The normalized spacial score (nSPS) is 19.5. The predicted octanol–water partition coefficient (Wildman–Crippen LogP) is 5.75. The van der Waals surface area contributed by atoms with E-state index in [4.69, 9.17) is 33.7 Å². The lowest BCUT2D eigenvalue weighted by Gasteiger charge is -2.39. The predicted molar refractivity (Wildman–Crippen MR) is 146 cm³/mol. The van der Waals surface area contributed by atoms with E-state index in [0.29, 0.717) is 55.3 Å². The first-order chi connectivity index (χ1) is 18.9. The van der Waals surface area contributed by atoms with Gasteiger partial charge in [-0.1, -0.05) is 41.4 Å². The average molecular weight is 596 g/mol. The van der Waals surface area contributed by atoms with Crippen molar-refractivity contribution in [1.29, 1.82) is 0 Å². The Labute approximate surface area is 238 Å². The second kappa shape index (κ2) is 10.9. The molecule has 0 aliphatic carbocycles. The molecule has 3 heterocycles. The lowest BCUT2D eigenvalue weighted by atomic mass is 9.76. The van der Waals surface area contributed by atoms with Crippen LogP contribution in [-0.4, -0.2) is 52.9 Å². The molecule has 40 heavy (non-hydrogen) atoms. The van der Waals surface area contributed by atoms with Crippen molar-refractivity contribution in [3.63, 3.8) is 0 Å². The molecule has 212 valence electrons. The Morgan fingerprint density at radius 1 is 1.10 bits per heavy atom. The summed E-state index contributed by atoms with van der Waals surface area (Å²) >= 11 is 12.1. The van der Waals surface area contributed by atoms with Crippen molar-refractivity contribution in [2.24, 2.45) is 5.41 Å². The van der Waals surface area contributed by atoms with Crippen LogP contribution in [0.5, 0.6) is 5.88 Å². The lowest BCUT2D eigenvalue weighted by Crippen LogP contribution is -2.41. The highest BCUT2D eigenvalue weighted by Crippen LogP contribution is 2.43. The molecule has 8 nitrogen and oxygen atoms in total. The number of carboxylic acids is 1. The van der Waals surface area contributed by atoms with Crippen molar-refractivity contribution in [2.75, 3.05) is 30.3 Å². The van der Waals surface area contributed by atoms with Crippen LogP contribution in [-0.2, 0) is 4.79 Å². The van der Waals surface area contributed by atoms with Gasteiger partial charge >= 0.3 is 12.1 Å². The molecule has 0 radical (unpaired) electrons. The number of ether oxygens (including phenoxy) is 1. The summed E-state index contributed by atoms with van der Waals surface area (Å²) in [7, 11) is 0. The molecule has 2 aromatic carbocycles. The quantitative estimate of drug-likeness (QED) is 0.330. The number of benzene rings is 2. The Kier molecular flexibility index (Phi) is 7.73. The second-order valence-electron chi connectivity index (χ2n) is 10.2. The Hall–Kier alpha value is -3.28. The fourth-order valence-electron chi connectivity index (χ4n) is 5.40. The van der Waals surface area contributed by atoms with Gasteiger partial charge in [-0.05, 0) is 60.1 Å². The zero-order chi connectivity index (χ0) is 28.7. The number of nitrogens with two attached hydrogens (primary N) is 1. The van der Waals surface area contributed by atoms with Gasteiger partial charge in [-0.25, -0.2) is 0 Å². The van der Waals surface area contributed by atoms with E-state index in [9.17, 15) is 23.1 Å². The maximum atomic E-state index is 14.5. The number of rotatable bonds is 6. The number of carboxylic acid groups (broad SMARTS) is 1. The number of piperidine rings is 1. The summed E-state index contributed by atoms with van der Waals surface area (Å²) in [6.45, 7) is 1.66. The zero-order valence-electron chi connectivity index (χ0n) is 21.1. The van der Waals surface area contributed by atoms with Gasteiger partial charge in [0.1, 0.15) is 11.9 Å². The number of hydrogen-bond acceptors (Lipinski definition) is 7. The van der Waals surface area contributed by atoms with Crippen LogP contribution in [0.25, 0.3) is 11.1 Å². The molecule has 0 saturated carbocycles. The van der Waals surface area contributed by atoms with E-state index >= 15 is 0 Å². The molecule has 0 unspecified atom stereocenters. The van der Waals surface area contributed by atoms with E-state index in [1.165, 1.54) is 24.3 Å². The summed E-state index contributed by atoms with van der Waals surface area (Å²) in [5.74, 6) is -1.08. The number of nitrogen functional groups attached to an aromatic ring is 1. The van der Waals surface area contributed by atoms with Crippen molar-refractivity contribution in [3.8, 4) is 17.0 Å². The van der Waals surface area contributed by atoms with Crippen molar-refractivity contribution in [2.45, 2.75) is 37.6 Å². The Morgan fingerprint density at radius 3 is 2.40 bits per heavy atom. The van der Waals surface area contributed by atoms with Gasteiger partial charge in [-0.2, -0.15) is 23.1 Å². The van der Waals surface area contributed by atoms with Crippen molar-refractivity contribution in [3.05, 3.63) is 64.1 Å². The van der Waals surface area contributed by atoms with Gasteiger partial charge < -0.3 is 25.8 Å². The third-order valence-electron chi connectivity index (χ3n) is 7.50. The number of anilines is 2. The first-order valence-corrected chi connectivity index (χ1v) is 13.3. The van der Waals surface area contributed by atoms with Crippen molar-refractivity contribution >= 4 is 40.9 Å². The molecule has 0 bridgehead atoms. The van der Waals surface area contributed by atoms with E-state index in [-0.39, 0.29) is 33.4 Å². The summed E-state index contributed by atoms with van der Waals surface area (Å²) < 4.78 is 48.9. The minimum Gasteiger partial charge on any atom is -0.480 e. The van der Waals surface area contributed by atoms with Gasteiger partial charge in [-0.15, -0.1) is 0 Å². The van der Waals surface area contributed by atoms with E-state index in [0.717, 1.165) is 0 Å². The lowest BCUT2D eigenvalue weighted by molar-refractivity contribution is -0.198. The van der Waals surface area contributed by atoms with Gasteiger partial charge in [0.15, 0.2) is 0 Å².